The summed E-state index contributed by atoms with van der Waals surface area (Å²) in [6, 6.07) is 2.63. The number of aromatic nitrogens is 2. The number of carbonyl (C=O) groups excluding carboxylic acids is 1. The zero-order valence-electron chi connectivity index (χ0n) is 11.3. The van der Waals surface area contributed by atoms with Crippen LogP contribution in [0, 0.1) is 0 Å². The van der Waals surface area contributed by atoms with Crippen molar-refractivity contribution >= 4 is 11.9 Å². The van der Waals surface area contributed by atoms with E-state index in [0.717, 1.165) is 19.3 Å². The first-order valence-electron chi connectivity index (χ1n) is 6.64. The molecule has 2 rings (SSSR count). The second-order valence-electron chi connectivity index (χ2n) is 4.84. The lowest BCUT2D eigenvalue weighted by Crippen LogP contribution is -2.39. The van der Waals surface area contributed by atoms with E-state index in [1.165, 1.54) is 21.7 Å². The fourth-order valence-corrected chi connectivity index (χ4v) is 1.98. The van der Waals surface area contributed by atoms with E-state index in [1.54, 1.807) is 0 Å². The molecule has 1 aliphatic carbocycles. The molecule has 0 saturated heterocycles. The van der Waals surface area contributed by atoms with Gasteiger partial charge in [-0.25, -0.2) is 4.68 Å². The molecule has 108 valence electrons. The highest BCUT2D eigenvalue weighted by molar-refractivity contribution is 5.94. The van der Waals surface area contributed by atoms with Gasteiger partial charge in [0.15, 0.2) is 0 Å². The number of aliphatic carboxylic acids is 1. The van der Waals surface area contributed by atoms with Crippen molar-refractivity contribution in [3.63, 3.8) is 0 Å². The lowest BCUT2D eigenvalue weighted by molar-refractivity contribution is -0.137. The van der Waals surface area contributed by atoms with E-state index >= 15 is 0 Å². The van der Waals surface area contributed by atoms with Crippen LogP contribution in [-0.4, -0.2) is 44.3 Å². The fraction of sp³-hybridized carbons (Fsp3) is 0.538. The Morgan fingerprint density at radius 2 is 2.15 bits per heavy atom. The zero-order chi connectivity index (χ0) is 14.7. The van der Waals surface area contributed by atoms with Crippen LogP contribution in [0.25, 0.3) is 0 Å². The van der Waals surface area contributed by atoms with Gasteiger partial charge in [-0.05, 0) is 25.3 Å². The van der Waals surface area contributed by atoms with Crippen molar-refractivity contribution in [2.24, 2.45) is 0 Å². The lowest BCUT2D eigenvalue weighted by Gasteiger charge is -2.19. The Labute approximate surface area is 115 Å². The lowest BCUT2D eigenvalue weighted by atomic mass is 10.3. The Morgan fingerprint density at radius 3 is 2.70 bits per heavy atom. The molecule has 1 aliphatic rings. The molecule has 0 unspecified atom stereocenters. The maximum absolute atomic E-state index is 12.3. The number of carboxylic acid groups (broad SMARTS) is 1. The SMILES string of the molecule is CCCn1nc(C(=O)N(CC(=O)O)C2CC2)ccc1=O. The molecular weight excluding hydrogens is 262 g/mol. The van der Waals surface area contributed by atoms with Gasteiger partial charge in [-0.15, -0.1) is 0 Å². The molecule has 0 spiro atoms. The van der Waals surface area contributed by atoms with Crippen LogP contribution in [0.1, 0.15) is 36.7 Å². The fourth-order valence-electron chi connectivity index (χ4n) is 1.98. The molecular formula is C13H17N3O4. The molecule has 0 atom stereocenters. The van der Waals surface area contributed by atoms with E-state index in [4.69, 9.17) is 5.11 Å². The monoisotopic (exact) mass is 279 g/mol. The Kier molecular flexibility index (Phi) is 4.16. The van der Waals surface area contributed by atoms with Gasteiger partial charge in [0.25, 0.3) is 11.5 Å². The summed E-state index contributed by atoms with van der Waals surface area (Å²) in [6.07, 6.45) is 2.35. The third-order valence-electron chi connectivity index (χ3n) is 3.08. The van der Waals surface area contributed by atoms with Crippen molar-refractivity contribution in [2.45, 2.75) is 38.8 Å². The van der Waals surface area contributed by atoms with Gasteiger partial charge in [-0.1, -0.05) is 6.92 Å². The summed E-state index contributed by atoms with van der Waals surface area (Å²) < 4.78 is 1.24. The van der Waals surface area contributed by atoms with Gasteiger partial charge in [0.1, 0.15) is 12.2 Å². The average Bonchev–Trinajstić information content (AvgIpc) is 3.22. The van der Waals surface area contributed by atoms with E-state index in [2.05, 4.69) is 5.10 Å². The van der Waals surface area contributed by atoms with Gasteiger partial charge in [0.2, 0.25) is 0 Å². The van der Waals surface area contributed by atoms with E-state index in [9.17, 15) is 14.4 Å². The minimum absolute atomic E-state index is 0.0213. The molecule has 1 N–H and O–H groups in total. The highest BCUT2D eigenvalue weighted by Crippen LogP contribution is 2.27. The molecule has 1 heterocycles. The summed E-state index contributed by atoms with van der Waals surface area (Å²) in [5.74, 6) is -1.48. The number of carboxylic acids is 1. The molecule has 0 aliphatic heterocycles. The van der Waals surface area contributed by atoms with E-state index in [1.807, 2.05) is 6.92 Å². The second-order valence-corrected chi connectivity index (χ2v) is 4.84. The number of aryl methyl sites for hydroxylation is 1. The van der Waals surface area contributed by atoms with Crippen LogP contribution >= 0.6 is 0 Å². The maximum Gasteiger partial charge on any atom is 0.323 e. The molecule has 1 aromatic rings. The molecule has 1 saturated carbocycles. The Balaban J connectivity index is 2.24. The normalized spacial score (nSPS) is 14.1. The van der Waals surface area contributed by atoms with Gasteiger partial charge < -0.3 is 10.0 Å². The summed E-state index contributed by atoms with van der Waals surface area (Å²) in [7, 11) is 0. The summed E-state index contributed by atoms with van der Waals surface area (Å²) in [6.45, 7) is 2.00. The highest BCUT2D eigenvalue weighted by Gasteiger charge is 2.35. The van der Waals surface area contributed by atoms with Crippen molar-refractivity contribution < 1.29 is 14.7 Å². The third kappa shape index (κ3) is 3.23. The summed E-state index contributed by atoms with van der Waals surface area (Å²) in [5, 5.41) is 12.9. The van der Waals surface area contributed by atoms with Crippen molar-refractivity contribution in [1.29, 1.82) is 0 Å². The highest BCUT2D eigenvalue weighted by atomic mass is 16.4. The van der Waals surface area contributed by atoms with Crippen LogP contribution in [0.15, 0.2) is 16.9 Å². The summed E-state index contributed by atoms with van der Waals surface area (Å²) in [4.78, 5) is 36.0. The molecule has 0 radical (unpaired) electrons. The van der Waals surface area contributed by atoms with Crippen LogP contribution < -0.4 is 5.56 Å². The van der Waals surface area contributed by atoms with Crippen molar-refractivity contribution in [1.82, 2.24) is 14.7 Å². The molecule has 7 heteroatoms. The number of amides is 1. The van der Waals surface area contributed by atoms with Crippen molar-refractivity contribution in [3.05, 3.63) is 28.2 Å². The van der Waals surface area contributed by atoms with Crippen LogP contribution in [0.2, 0.25) is 0 Å². The number of hydrogen-bond donors (Lipinski definition) is 1. The molecule has 0 aromatic carbocycles. The van der Waals surface area contributed by atoms with Gasteiger partial charge in [-0.3, -0.25) is 14.4 Å². The van der Waals surface area contributed by atoms with E-state index < -0.39 is 11.9 Å². The van der Waals surface area contributed by atoms with E-state index in [0.29, 0.717) is 6.54 Å². The van der Waals surface area contributed by atoms with Gasteiger partial charge in [0, 0.05) is 18.7 Å². The van der Waals surface area contributed by atoms with Crippen LogP contribution in [0.5, 0.6) is 0 Å². The van der Waals surface area contributed by atoms with Gasteiger partial charge >= 0.3 is 5.97 Å². The first kappa shape index (κ1) is 14.2. The Morgan fingerprint density at radius 1 is 1.45 bits per heavy atom. The standard InChI is InChI=1S/C13H17N3O4/c1-2-7-16-11(17)6-5-10(14-16)13(20)15(8-12(18)19)9-3-4-9/h5-6,9H,2-4,7-8H2,1H3,(H,18,19). The summed E-state index contributed by atoms with van der Waals surface area (Å²) in [5.41, 5.74) is -0.147. The number of rotatable bonds is 6. The summed E-state index contributed by atoms with van der Waals surface area (Å²) >= 11 is 0. The number of nitrogens with zero attached hydrogens (tertiary/aromatic N) is 3. The Bertz CT molecular complexity index is 577. The first-order chi connectivity index (χ1) is 9.52. The zero-order valence-corrected chi connectivity index (χ0v) is 11.3. The predicted octanol–water partition coefficient (Wildman–Crippen LogP) is 0.343. The molecule has 7 nitrogen and oxygen atoms in total. The number of hydrogen-bond acceptors (Lipinski definition) is 4. The maximum atomic E-state index is 12.3. The molecule has 1 fully saturated rings. The molecule has 0 bridgehead atoms. The van der Waals surface area contributed by atoms with Crippen molar-refractivity contribution in [3.8, 4) is 0 Å². The topological polar surface area (TPSA) is 92.5 Å². The van der Waals surface area contributed by atoms with Crippen molar-refractivity contribution in [2.75, 3.05) is 6.54 Å². The first-order valence-corrected chi connectivity index (χ1v) is 6.64. The largest absolute Gasteiger partial charge is 0.480 e. The Hall–Kier alpha value is -2.18. The minimum atomic E-state index is -1.05. The molecule has 20 heavy (non-hydrogen) atoms. The molecule has 1 amide bonds. The van der Waals surface area contributed by atoms with Gasteiger partial charge in [-0.2, -0.15) is 5.10 Å². The molecule has 1 aromatic heterocycles. The minimum Gasteiger partial charge on any atom is -0.480 e. The van der Waals surface area contributed by atoms with Gasteiger partial charge in [0.05, 0.1) is 0 Å². The van der Waals surface area contributed by atoms with Crippen LogP contribution in [-0.2, 0) is 11.3 Å². The third-order valence-corrected chi connectivity index (χ3v) is 3.08. The van der Waals surface area contributed by atoms with Crippen LogP contribution in [0.3, 0.4) is 0 Å². The number of carbonyl (C=O) groups is 2. The predicted molar refractivity (Wildman–Crippen MR) is 70.5 cm³/mol. The van der Waals surface area contributed by atoms with Crippen LogP contribution in [0.4, 0.5) is 0 Å². The average molecular weight is 279 g/mol. The second kappa shape index (κ2) is 5.85. The smallest absolute Gasteiger partial charge is 0.323 e. The quantitative estimate of drug-likeness (QED) is 0.810. The van der Waals surface area contributed by atoms with E-state index in [-0.39, 0.29) is 23.8 Å².